The first kappa shape index (κ1) is 19.0. The van der Waals surface area contributed by atoms with Gasteiger partial charge in [0.25, 0.3) is 5.91 Å². The number of nitrogens with one attached hydrogen (secondary N) is 2. The first-order chi connectivity index (χ1) is 11.6. The molecule has 0 saturated carbocycles. The van der Waals surface area contributed by atoms with Gasteiger partial charge in [-0.15, -0.1) is 0 Å². The summed E-state index contributed by atoms with van der Waals surface area (Å²) in [6.07, 6.45) is -0.551. The van der Waals surface area contributed by atoms with E-state index in [1.54, 1.807) is 45.0 Å². The van der Waals surface area contributed by atoms with Crippen LogP contribution < -0.4 is 10.6 Å². The zero-order valence-electron chi connectivity index (χ0n) is 13.9. The van der Waals surface area contributed by atoms with Crippen LogP contribution in [0.4, 0.5) is 16.2 Å². The van der Waals surface area contributed by atoms with E-state index in [9.17, 15) is 9.59 Å². The fraction of sp³-hybridized carbons (Fsp3) is 0.235. The number of nitrogens with zero attached hydrogens (tertiary/aromatic N) is 1. The van der Waals surface area contributed by atoms with Gasteiger partial charge < -0.3 is 10.1 Å². The summed E-state index contributed by atoms with van der Waals surface area (Å²) < 4.78 is 5.17. The number of aromatic nitrogens is 1. The van der Waals surface area contributed by atoms with Gasteiger partial charge in [0.2, 0.25) is 0 Å². The summed E-state index contributed by atoms with van der Waals surface area (Å²) in [6.45, 7) is 5.34. The van der Waals surface area contributed by atoms with Crippen LogP contribution in [0.1, 0.15) is 31.1 Å². The van der Waals surface area contributed by atoms with Crippen LogP contribution in [0.2, 0.25) is 10.3 Å². The summed E-state index contributed by atoms with van der Waals surface area (Å²) in [4.78, 5) is 27.7. The lowest BCUT2D eigenvalue weighted by Gasteiger charge is -2.19. The summed E-state index contributed by atoms with van der Waals surface area (Å²) in [6, 6.07) is 9.42. The van der Waals surface area contributed by atoms with Gasteiger partial charge in [0.1, 0.15) is 15.9 Å². The Kier molecular flexibility index (Phi) is 5.87. The molecule has 1 aromatic carbocycles. The second kappa shape index (κ2) is 7.72. The maximum atomic E-state index is 12.2. The third-order valence-corrected chi connectivity index (χ3v) is 3.20. The number of carbonyl (C=O) groups is 2. The summed E-state index contributed by atoms with van der Waals surface area (Å²) in [7, 11) is 0. The predicted molar refractivity (Wildman–Crippen MR) is 98.5 cm³/mol. The van der Waals surface area contributed by atoms with E-state index >= 15 is 0 Å². The van der Waals surface area contributed by atoms with Crippen LogP contribution >= 0.6 is 23.2 Å². The fourth-order valence-electron chi connectivity index (χ4n) is 1.86. The van der Waals surface area contributed by atoms with Crippen molar-refractivity contribution in [3.63, 3.8) is 0 Å². The third-order valence-electron chi connectivity index (χ3n) is 2.81. The SMILES string of the molecule is CC(C)(C)OC(=O)Nc1ccc(NC(=O)c2cc(Cl)nc(Cl)c2)cc1. The summed E-state index contributed by atoms with van der Waals surface area (Å²) >= 11 is 11.6. The lowest BCUT2D eigenvalue weighted by atomic mass is 10.2. The molecule has 0 aliphatic carbocycles. The number of rotatable bonds is 3. The van der Waals surface area contributed by atoms with Crippen LogP contribution in [0.15, 0.2) is 36.4 Å². The Bertz CT molecular complexity index is 766. The number of anilines is 2. The average molecular weight is 382 g/mol. The van der Waals surface area contributed by atoms with Crippen molar-refractivity contribution in [1.29, 1.82) is 0 Å². The van der Waals surface area contributed by atoms with E-state index in [0.29, 0.717) is 16.9 Å². The van der Waals surface area contributed by atoms with Crippen molar-refractivity contribution < 1.29 is 14.3 Å². The first-order valence-corrected chi connectivity index (χ1v) is 8.12. The minimum Gasteiger partial charge on any atom is -0.444 e. The highest BCUT2D eigenvalue weighted by Crippen LogP contribution is 2.18. The average Bonchev–Trinajstić information content (AvgIpc) is 2.46. The molecule has 8 heteroatoms. The molecule has 6 nitrogen and oxygen atoms in total. The third kappa shape index (κ3) is 6.25. The van der Waals surface area contributed by atoms with Crippen LogP contribution in [0.3, 0.4) is 0 Å². The van der Waals surface area contributed by atoms with Gasteiger partial charge in [0.05, 0.1) is 0 Å². The van der Waals surface area contributed by atoms with Crippen LogP contribution in [0, 0.1) is 0 Å². The van der Waals surface area contributed by atoms with Gasteiger partial charge in [-0.2, -0.15) is 0 Å². The van der Waals surface area contributed by atoms with Gasteiger partial charge in [0.15, 0.2) is 0 Å². The largest absolute Gasteiger partial charge is 0.444 e. The number of ether oxygens (including phenoxy) is 1. The van der Waals surface area contributed by atoms with Crippen molar-refractivity contribution >= 4 is 46.6 Å². The van der Waals surface area contributed by atoms with Crippen molar-refractivity contribution in [2.24, 2.45) is 0 Å². The minimum absolute atomic E-state index is 0.134. The van der Waals surface area contributed by atoms with Crippen LogP contribution in [-0.4, -0.2) is 22.6 Å². The molecule has 0 aliphatic heterocycles. The van der Waals surface area contributed by atoms with Gasteiger partial charge in [-0.3, -0.25) is 10.1 Å². The van der Waals surface area contributed by atoms with Gasteiger partial charge in [-0.1, -0.05) is 23.2 Å². The number of pyridine rings is 1. The standard InChI is InChI=1S/C17H17Cl2N3O3/c1-17(2,3)25-16(24)21-12-6-4-11(5-7-12)20-15(23)10-8-13(18)22-14(19)9-10/h4-9H,1-3H3,(H,20,23)(H,21,24). The van der Waals surface area contributed by atoms with Gasteiger partial charge in [0, 0.05) is 16.9 Å². The number of amides is 2. The van der Waals surface area contributed by atoms with Crippen molar-refractivity contribution in [1.82, 2.24) is 4.98 Å². The molecule has 0 unspecified atom stereocenters. The number of halogens is 2. The molecule has 0 bridgehead atoms. The monoisotopic (exact) mass is 381 g/mol. The van der Waals surface area contributed by atoms with E-state index in [2.05, 4.69) is 15.6 Å². The summed E-state index contributed by atoms with van der Waals surface area (Å²) in [5.74, 6) is -0.376. The van der Waals surface area contributed by atoms with Crippen molar-refractivity contribution in [2.45, 2.75) is 26.4 Å². The highest BCUT2D eigenvalue weighted by atomic mass is 35.5. The predicted octanol–water partition coefficient (Wildman–Crippen LogP) is 4.99. The Hall–Kier alpha value is -2.31. The number of carbonyl (C=O) groups excluding carboxylic acids is 2. The Morgan fingerprint density at radius 1 is 0.960 bits per heavy atom. The van der Waals surface area contributed by atoms with Crippen molar-refractivity contribution in [3.8, 4) is 0 Å². The quantitative estimate of drug-likeness (QED) is 0.733. The van der Waals surface area contributed by atoms with Gasteiger partial charge >= 0.3 is 6.09 Å². The maximum absolute atomic E-state index is 12.2. The zero-order valence-corrected chi connectivity index (χ0v) is 15.4. The molecular formula is C17H17Cl2N3O3. The molecule has 2 amide bonds. The molecule has 0 atom stereocenters. The number of hydrogen-bond acceptors (Lipinski definition) is 4. The van der Waals surface area contributed by atoms with Gasteiger partial charge in [-0.05, 0) is 57.2 Å². The van der Waals surface area contributed by atoms with Crippen molar-refractivity contribution in [3.05, 3.63) is 52.3 Å². The summed E-state index contributed by atoms with van der Waals surface area (Å²) in [5, 5.41) is 5.58. The molecule has 0 fully saturated rings. The topological polar surface area (TPSA) is 80.3 Å². The second-order valence-electron chi connectivity index (χ2n) is 6.16. The highest BCUT2D eigenvalue weighted by Gasteiger charge is 2.16. The molecule has 25 heavy (non-hydrogen) atoms. The molecule has 0 spiro atoms. The molecule has 132 valence electrons. The minimum atomic E-state index is -0.578. The smallest absolute Gasteiger partial charge is 0.412 e. The second-order valence-corrected chi connectivity index (χ2v) is 6.93. The molecule has 0 radical (unpaired) electrons. The Morgan fingerprint density at radius 2 is 1.44 bits per heavy atom. The lowest BCUT2D eigenvalue weighted by Crippen LogP contribution is -2.27. The molecule has 1 heterocycles. The fourth-order valence-corrected chi connectivity index (χ4v) is 2.32. The Labute approximate surface area is 155 Å². The molecule has 1 aromatic heterocycles. The molecular weight excluding hydrogens is 365 g/mol. The first-order valence-electron chi connectivity index (χ1n) is 7.37. The normalized spacial score (nSPS) is 10.9. The molecule has 2 aromatic rings. The Morgan fingerprint density at radius 3 is 1.92 bits per heavy atom. The number of hydrogen-bond donors (Lipinski definition) is 2. The van der Waals surface area contributed by atoms with E-state index in [1.165, 1.54) is 12.1 Å². The number of benzene rings is 1. The summed E-state index contributed by atoms with van der Waals surface area (Å²) in [5.41, 5.74) is 0.803. The zero-order chi connectivity index (χ0) is 18.6. The Balaban J connectivity index is 2.00. The van der Waals surface area contributed by atoms with Gasteiger partial charge in [-0.25, -0.2) is 9.78 Å². The van der Waals surface area contributed by atoms with Crippen LogP contribution in [-0.2, 0) is 4.74 Å². The van der Waals surface area contributed by atoms with Crippen LogP contribution in [0.25, 0.3) is 0 Å². The molecule has 0 saturated heterocycles. The van der Waals surface area contributed by atoms with E-state index in [0.717, 1.165) is 0 Å². The molecule has 2 N–H and O–H groups in total. The van der Waals surface area contributed by atoms with E-state index < -0.39 is 11.7 Å². The van der Waals surface area contributed by atoms with E-state index in [-0.39, 0.29) is 16.2 Å². The molecule has 2 rings (SSSR count). The highest BCUT2D eigenvalue weighted by molar-refractivity contribution is 6.33. The van der Waals surface area contributed by atoms with E-state index in [1.807, 2.05) is 0 Å². The lowest BCUT2D eigenvalue weighted by molar-refractivity contribution is 0.0635. The van der Waals surface area contributed by atoms with Crippen LogP contribution in [0.5, 0.6) is 0 Å². The van der Waals surface area contributed by atoms with Crippen molar-refractivity contribution in [2.75, 3.05) is 10.6 Å². The maximum Gasteiger partial charge on any atom is 0.412 e. The van der Waals surface area contributed by atoms with E-state index in [4.69, 9.17) is 27.9 Å². The molecule has 0 aliphatic rings.